The second kappa shape index (κ2) is 5.50. The minimum Gasteiger partial charge on any atom is -0.339 e. The molecule has 88 valence electrons. The quantitative estimate of drug-likeness (QED) is 0.848. The van der Waals surface area contributed by atoms with Crippen LogP contribution in [0.15, 0.2) is 12.4 Å². The number of rotatable bonds is 3. The summed E-state index contributed by atoms with van der Waals surface area (Å²) in [6, 6.07) is 0.167. The molecule has 1 aliphatic rings. The van der Waals surface area contributed by atoms with Crippen molar-refractivity contribution in [3.8, 4) is 0 Å². The maximum absolute atomic E-state index is 5.74. The van der Waals surface area contributed by atoms with Crippen LogP contribution in [0.25, 0.3) is 0 Å². The molecule has 4 nitrogen and oxygen atoms in total. The van der Waals surface area contributed by atoms with Crippen molar-refractivity contribution in [2.45, 2.75) is 19.4 Å². The van der Waals surface area contributed by atoms with Gasteiger partial charge in [0, 0.05) is 43.0 Å². The first kappa shape index (κ1) is 11.7. The van der Waals surface area contributed by atoms with Crippen LogP contribution >= 0.6 is 11.8 Å². The van der Waals surface area contributed by atoms with Gasteiger partial charge in [-0.1, -0.05) is 0 Å². The SMILES string of the molecule is CC(N)Cc1cnc(N2CCSCC2)nc1. The Bertz CT molecular complexity index is 319. The predicted molar refractivity (Wildman–Crippen MR) is 68.9 cm³/mol. The third kappa shape index (κ3) is 3.09. The molecule has 0 aliphatic carbocycles. The van der Waals surface area contributed by atoms with E-state index in [-0.39, 0.29) is 6.04 Å². The van der Waals surface area contributed by atoms with Crippen molar-refractivity contribution in [3.05, 3.63) is 18.0 Å². The van der Waals surface area contributed by atoms with Gasteiger partial charge in [0.25, 0.3) is 0 Å². The molecule has 1 atom stereocenters. The molecule has 1 saturated heterocycles. The summed E-state index contributed by atoms with van der Waals surface area (Å²) in [5.74, 6) is 3.20. The molecule has 2 rings (SSSR count). The van der Waals surface area contributed by atoms with Crippen LogP contribution in [0.2, 0.25) is 0 Å². The molecule has 2 N–H and O–H groups in total. The number of thioether (sulfide) groups is 1. The van der Waals surface area contributed by atoms with Crippen molar-refractivity contribution in [3.63, 3.8) is 0 Å². The second-order valence-corrected chi connectivity index (χ2v) is 5.40. The van der Waals surface area contributed by atoms with Gasteiger partial charge in [-0.05, 0) is 18.9 Å². The number of hydrogen-bond acceptors (Lipinski definition) is 5. The number of aromatic nitrogens is 2. The van der Waals surface area contributed by atoms with Crippen LogP contribution in [-0.4, -0.2) is 40.6 Å². The Morgan fingerprint density at radius 2 is 2.00 bits per heavy atom. The van der Waals surface area contributed by atoms with Crippen LogP contribution in [0.1, 0.15) is 12.5 Å². The molecule has 16 heavy (non-hydrogen) atoms. The lowest BCUT2D eigenvalue weighted by atomic mass is 10.1. The summed E-state index contributed by atoms with van der Waals surface area (Å²) >= 11 is 1.99. The van der Waals surface area contributed by atoms with E-state index < -0.39 is 0 Å². The Balaban J connectivity index is 2.00. The number of nitrogens with two attached hydrogens (primary N) is 1. The summed E-state index contributed by atoms with van der Waals surface area (Å²) in [7, 11) is 0. The van der Waals surface area contributed by atoms with Crippen LogP contribution in [0.4, 0.5) is 5.95 Å². The number of hydrogen-bond donors (Lipinski definition) is 1. The van der Waals surface area contributed by atoms with Crippen molar-refractivity contribution < 1.29 is 0 Å². The Hall–Kier alpha value is -0.810. The second-order valence-electron chi connectivity index (χ2n) is 4.17. The molecule has 0 amide bonds. The standard InChI is InChI=1S/C11H18N4S/c1-9(12)6-10-7-13-11(14-8-10)15-2-4-16-5-3-15/h7-9H,2-6,12H2,1H3. The van der Waals surface area contributed by atoms with Crippen LogP contribution in [0.3, 0.4) is 0 Å². The van der Waals surface area contributed by atoms with Gasteiger partial charge in [0.05, 0.1) is 0 Å². The lowest BCUT2D eigenvalue weighted by molar-refractivity contribution is 0.729. The van der Waals surface area contributed by atoms with Gasteiger partial charge >= 0.3 is 0 Å². The van der Waals surface area contributed by atoms with Crippen molar-refractivity contribution in [1.82, 2.24) is 9.97 Å². The molecule has 0 saturated carbocycles. The van der Waals surface area contributed by atoms with E-state index in [1.807, 2.05) is 31.1 Å². The average molecular weight is 238 g/mol. The first-order valence-electron chi connectivity index (χ1n) is 5.65. The average Bonchev–Trinajstić information content (AvgIpc) is 2.30. The summed E-state index contributed by atoms with van der Waals surface area (Å²) in [5, 5.41) is 0. The van der Waals surface area contributed by atoms with Crippen molar-refractivity contribution in [2.75, 3.05) is 29.5 Å². The Kier molecular flexibility index (Phi) is 4.01. The highest BCUT2D eigenvalue weighted by Crippen LogP contribution is 2.14. The van der Waals surface area contributed by atoms with Crippen molar-refractivity contribution in [2.24, 2.45) is 5.73 Å². The largest absolute Gasteiger partial charge is 0.339 e. The molecular formula is C11H18N4S. The third-order valence-corrected chi connectivity index (χ3v) is 3.49. The number of nitrogens with zero attached hydrogens (tertiary/aromatic N) is 3. The lowest BCUT2D eigenvalue weighted by Gasteiger charge is -2.26. The van der Waals surface area contributed by atoms with E-state index in [1.165, 1.54) is 11.5 Å². The topological polar surface area (TPSA) is 55.0 Å². The van der Waals surface area contributed by atoms with Gasteiger partial charge < -0.3 is 10.6 Å². The van der Waals surface area contributed by atoms with E-state index in [0.29, 0.717) is 0 Å². The summed E-state index contributed by atoms with van der Waals surface area (Å²) in [4.78, 5) is 11.1. The highest BCUT2D eigenvalue weighted by Gasteiger charge is 2.13. The first-order valence-corrected chi connectivity index (χ1v) is 6.80. The van der Waals surface area contributed by atoms with Gasteiger partial charge in [0.2, 0.25) is 5.95 Å². The zero-order chi connectivity index (χ0) is 11.4. The maximum Gasteiger partial charge on any atom is 0.225 e. The Morgan fingerprint density at radius 1 is 1.38 bits per heavy atom. The fourth-order valence-corrected chi connectivity index (χ4v) is 2.65. The van der Waals surface area contributed by atoms with E-state index in [1.54, 1.807) is 0 Å². The van der Waals surface area contributed by atoms with Gasteiger partial charge in [-0.3, -0.25) is 0 Å². The van der Waals surface area contributed by atoms with Gasteiger partial charge in [0.15, 0.2) is 0 Å². The van der Waals surface area contributed by atoms with E-state index >= 15 is 0 Å². The minimum atomic E-state index is 0.167. The van der Waals surface area contributed by atoms with Crippen LogP contribution in [0.5, 0.6) is 0 Å². The van der Waals surface area contributed by atoms with E-state index in [4.69, 9.17) is 5.73 Å². The minimum absolute atomic E-state index is 0.167. The van der Waals surface area contributed by atoms with Crippen molar-refractivity contribution >= 4 is 17.7 Å². The first-order chi connectivity index (χ1) is 7.75. The Morgan fingerprint density at radius 3 is 2.56 bits per heavy atom. The van der Waals surface area contributed by atoms with E-state index in [2.05, 4.69) is 14.9 Å². The molecule has 1 unspecified atom stereocenters. The van der Waals surface area contributed by atoms with Gasteiger partial charge in [-0.15, -0.1) is 0 Å². The van der Waals surface area contributed by atoms with Gasteiger partial charge in [0.1, 0.15) is 0 Å². The van der Waals surface area contributed by atoms with Gasteiger partial charge in [-0.25, -0.2) is 9.97 Å². The molecule has 0 radical (unpaired) electrons. The summed E-state index contributed by atoms with van der Waals surface area (Å²) in [5.41, 5.74) is 6.85. The fourth-order valence-electron chi connectivity index (χ4n) is 1.75. The highest BCUT2D eigenvalue weighted by molar-refractivity contribution is 7.99. The molecule has 0 spiro atoms. The fraction of sp³-hybridized carbons (Fsp3) is 0.636. The van der Waals surface area contributed by atoms with Gasteiger partial charge in [-0.2, -0.15) is 11.8 Å². The monoisotopic (exact) mass is 238 g/mol. The molecule has 2 heterocycles. The molecule has 1 aliphatic heterocycles. The van der Waals surface area contributed by atoms with Crippen LogP contribution in [-0.2, 0) is 6.42 Å². The molecule has 1 aromatic rings. The predicted octanol–water partition coefficient (Wildman–Crippen LogP) is 0.919. The zero-order valence-corrected chi connectivity index (χ0v) is 10.4. The van der Waals surface area contributed by atoms with Crippen LogP contribution < -0.4 is 10.6 Å². The smallest absolute Gasteiger partial charge is 0.225 e. The molecule has 1 aromatic heterocycles. The summed E-state index contributed by atoms with van der Waals surface area (Å²) < 4.78 is 0. The maximum atomic E-state index is 5.74. The summed E-state index contributed by atoms with van der Waals surface area (Å²) in [6.07, 6.45) is 4.64. The third-order valence-electron chi connectivity index (χ3n) is 2.54. The lowest BCUT2D eigenvalue weighted by Crippen LogP contribution is -2.33. The Labute approximate surface area is 101 Å². The molecule has 0 aromatic carbocycles. The molecule has 5 heteroatoms. The highest BCUT2D eigenvalue weighted by atomic mass is 32.2. The van der Waals surface area contributed by atoms with E-state index in [0.717, 1.165) is 31.0 Å². The normalized spacial score (nSPS) is 18.5. The van der Waals surface area contributed by atoms with Crippen molar-refractivity contribution in [1.29, 1.82) is 0 Å². The molecule has 0 bridgehead atoms. The van der Waals surface area contributed by atoms with E-state index in [9.17, 15) is 0 Å². The zero-order valence-electron chi connectivity index (χ0n) is 9.59. The van der Waals surface area contributed by atoms with Crippen LogP contribution in [0, 0.1) is 0 Å². The molecule has 1 fully saturated rings. The summed E-state index contributed by atoms with van der Waals surface area (Å²) in [6.45, 7) is 4.10. The molecular weight excluding hydrogens is 220 g/mol. The number of anilines is 1.